The van der Waals surface area contributed by atoms with E-state index >= 15 is 0 Å². The fourth-order valence-corrected chi connectivity index (χ4v) is 3.06. The predicted octanol–water partition coefficient (Wildman–Crippen LogP) is 3.53. The molecule has 0 aromatic heterocycles. The second-order valence-corrected chi connectivity index (χ2v) is 4.95. The van der Waals surface area contributed by atoms with Gasteiger partial charge in [0.25, 0.3) is 0 Å². The molecule has 1 amide bonds. The van der Waals surface area contributed by atoms with E-state index in [1.54, 1.807) is 0 Å². The molecule has 1 aliphatic heterocycles. The van der Waals surface area contributed by atoms with Crippen LogP contribution in [0.15, 0.2) is 18.2 Å². The van der Waals surface area contributed by atoms with Crippen molar-refractivity contribution < 1.29 is 4.79 Å². The molecule has 0 spiro atoms. The van der Waals surface area contributed by atoms with Crippen molar-refractivity contribution >= 4 is 33.9 Å². The minimum Gasteiger partial charge on any atom is -0.338 e. The van der Waals surface area contributed by atoms with Crippen LogP contribution in [0.25, 0.3) is 0 Å². The summed E-state index contributed by atoms with van der Waals surface area (Å²) in [4.78, 5) is 12.7. The maximum absolute atomic E-state index is 10.9. The van der Waals surface area contributed by atoms with Crippen LogP contribution in [0.5, 0.6) is 0 Å². The van der Waals surface area contributed by atoms with Crippen LogP contribution in [0.4, 0.5) is 0 Å². The van der Waals surface area contributed by atoms with Crippen molar-refractivity contribution in [2.75, 3.05) is 6.54 Å². The summed E-state index contributed by atoms with van der Waals surface area (Å²) in [7, 11) is 0. The normalized spacial score (nSPS) is 20.1. The molecular weight excluding hydrogens is 289 g/mol. The Bertz CT molecular complexity index is 397. The quantitative estimate of drug-likeness (QED) is 0.618. The van der Waals surface area contributed by atoms with E-state index in [9.17, 15) is 4.79 Å². The molecule has 0 saturated carbocycles. The van der Waals surface area contributed by atoms with Gasteiger partial charge in [-0.3, -0.25) is 4.79 Å². The van der Waals surface area contributed by atoms with Crippen molar-refractivity contribution in [1.29, 1.82) is 0 Å². The van der Waals surface area contributed by atoms with Gasteiger partial charge in [0.1, 0.15) is 0 Å². The number of hydrogen-bond acceptors (Lipinski definition) is 1. The van der Waals surface area contributed by atoms with Gasteiger partial charge < -0.3 is 4.90 Å². The van der Waals surface area contributed by atoms with Gasteiger partial charge in [-0.1, -0.05) is 39.7 Å². The minimum absolute atomic E-state index is 0.208. The highest BCUT2D eigenvalue weighted by Gasteiger charge is 2.24. The molecule has 4 heteroatoms. The lowest BCUT2D eigenvalue weighted by Crippen LogP contribution is -2.21. The zero-order valence-electron chi connectivity index (χ0n) is 8.83. The molecule has 0 N–H and O–H groups in total. The van der Waals surface area contributed by atoms with Gasteiger partial charge in [0, 0.05) is 16.9 Å². The Balaban J connectivity index is 2.27. The second kappa shape index (κ2) is 5.19. The van der Waals surface area contributed by atoms with E-state index in [4.69, 9.17) is 11.6 Å². The fraction of sp³-hybridized carbons (Fsp3) is 0.417. The van der Waals surface area contributed by atoms with Crippen LogP contribution in [0.3, 0.4) is 0 Å². The van der Waals surface area contributed by atoms with Gasteiger partial charge in [-0.05, 0) is 30.0 Å². The van der Waals surface area contributed by atoms with E-state index in [0.29, 0.717) is 0 Å². The number of rotatable bonds is 3. The van der Waals surface area contributed by atoms with Crippen molar-refractivity contribution in [1.82, 2.24) is 4.90 Å². The smallest absolute Gasteiger partial charge is 0.210 e. The summed E-state index contributed by atoms with van der Waals surface area (Å²) in [5.74, 6) is 0. The second-order valence-electron chi connectivity index (χ2n) is 3.99. The van der Waals surface area contributed by atoms with E-state index in [-0.39, 0.29) is 6.04 Å². The van der Waals surface area contributed by atoms with Crippen LogP contribution in [0.2, 0.25) is 5.02 Å². The number of likely N-dealkylation sites (tertiary alicyclic amines) is 1. The molecule has 1 fully saturated rings. The molecule has 2 nitrogen and oxygen atoms in total. The van der Waals surface area contributed by atoms with Crippen LogP contribution in [0, 0.1) is 0 Å². The lowest BCUT2D eigenvalue weighted by atomic mass is 10.0. The molecule has 1 saturated heterocycles. The highest BCUT2D eigenvalue weighted by Crippen LogP contribution is 2.33. The summed E-state index contributed by atoms with van der Waals surface area (Å²) >= 11 is 9.55. The first kappa shape index (κ1) is 11.9. The third kappa shape index (κ3) is 2.25. The standard InChI is InChI=1S/C12H13BrClNO/c13-7-10-4-3-9(6-11(10)14)12-2-1-5-15(12)8-16/h3-4,6,8,12H,1-2,5,7H2. The van der Waals surface area contributed by atoms with E-state index in [1.807, 2.05) is 17.0 Å². The van der Waals surface area contributed by atoms with Crippen LogP contribution in [-0.2, 0) is 10.1 Å². The zero-order chi connectivity index (χ0) is 11.5. The Labute approximate surface area is 109 Å². The Morgan fingerprint density at radius 3 is 3.00 bits per heavy atom. The molecule has 0 bridgehead atoms. The van der Waals surface area contributed by atoms with Gasteiger partial charge in [0.05, 0.1) is 6.04 Å². The molecule has 1 aromatic carbocycles. The number of carbonyl (C=O) groups excluding carboxylic acids is 1. The van der Waals surface area contributed by atoms with Gasteiger partial charge in [-0.2, -0.15) is 0 Å². The molecule has 1 aliphatic rings. The van der Waals surface area contributed by atoms with E-state index in [0.717, 1.165) is 47.3 Å². The molecule has 1 atom stereocenters. The van der Waals surface area contributed by atoms with Crippen molar-refractivity contribution in [3.05, 3.63) is 34.3 Å². The summed E-state index contributed by atoms with van der Waals surface area (Å²) in [5.41, 5.74) is 2.22. The fourth-order valence-electron chi connectivity index (χ4n) is 2.15. The van der Waals surface area contributed by atoms with Gasteiger partial charge in [-0.25, -0.2) is 0 Å². The molecule has 1 unspecified atom stereocenters. The topological polar surface area (TPSA) is 20.3 Å². The van der Waals surface area contributed by atoms with Gasteiger partial charge in [0.15, 0.2) is 0 Å². The molecule has 0 radical (unpaired) electrons. The molecule has 0 aliphatic carbocycles. The first-order valence-electron chi connectivity index (χ1n) is 5.31. The van der Waals surface area contributed by atoms with Crippen molar-refractivity contribution in [2.45, 2.75) is 24.2 Å². The van der Waals surface area contributed by atoms with Crippen LogP contribution in [-0.4, -0.2) is 17.9 Å². The van der Waals surface area contributed by atoms with E-state index in [1.165, 1.54) is 0 Å². The lowest BCUT2D eigenvalue weighted by Gasteiger charge is -2.20. The Morgan fingerprint density at radius 1 is 1.56 bits per heavy atom. The Morgan fingerprint density at radius 2 is 2.38 bits per heavy atom. The number of alkyl halides is 1. The molecule has 2 rings (SSSR count). The first-order chi connectivity index (χ1) is 7.76. The van der Waals surface area contributed by atoms with Gasteiger partial charge in [-0.15, -0.1) is 0 Å². The molecule has 1 aromatic rings. The molecular formula is C12H13BrClNO. The van der Waals surface area contributed by atoms with Crippen molar-refractivity contribution in [3.63, 3.8) is 0 Å². The average molecular weight is 303 g/mol. The third-order valence-electron chi connectivity index (χ3n) is 3.04. The molecule has 16 heavy (non-hydrogen) atoms. The molecule has 86 valence electrons. The van der Waals surface area contributed by atoms with E-state index < -0.39 is 0 Å². The van der Waals surface area contributed by atoms with Crippen molar-refractivity contribution in [3.8, 4) is 0 Å². The lowest BCUT2D eigenvalue weighted by molar-refractivity contribution is -0.118. The highest BCUT2D eigenvalue weighted by atomic mass is 79.9. The highest BCUT2D eigenvalue weighted by molar-refractivity contribution is 9.08. The maximum atomic E-state index is 10.9. The average Bonchev–Trinajstić information content (AvgIpc) is 2.77. The monoisotopic (exact) mass is 301 g/mol. The van der Waals surface area contributed by atoms with Crippen molar-refractivity contribution in [2.24, 2.45) is 0 Å². The third-order valence-corrected chi connectivity index (χ3v) is 3.99. The number of benzene rings is 1. The predicted molar refractivity (Wildman–Crippen MR) is 68.8 cm³/mol. The van der Waals surface area contributed by atoms with Gasteiger partial charge in [0.2, 0.25) is 6.41 Å². The Kier molecular flexibility index (Phi) is 3.87. The minimum atomic E-state index is 0.208. The number of carbonyl (C=O) groups is 1. The maximum Gasteiger partial charge on any atom is 0.210 e. The Hall–Kier alpha value is -0.540. The largest absolute Gasteiger partial charge is 0.338 e. The summed E-state index contributed by atoms with van der Waals surface area (Å²) in [6, 6.07) is 6.27. The summed E-state index contributed by atoms with van der Waals surface area (Å²) in [6.07, 6.45) is 3.04. The number of amides is 1. The van der Waals surface area contributed by atoms with Crippen LogP contribution in [0.1, 0.15) is 30.0 Å². The zero-order valence-corrected chi connectivity index (χ0v) is 11.2. The number of hydrogen-bond donors (Lipinski definition) is 0. The van der Waals surface area contributed by atoms with Crippen LogP contribution < -0.4 is 0 Å². The summed E-state index contributed by atoms with van der Waals surface area (Å²) < 4.78 is 0. The van der Waals surface area contributed by atoms with Crippen LogP contribution >= 0.6 is 27.5 Å². The molecule has 1 heterocycles. The van der Waals surface area contributed by atoms with E-state index in [2.05, 4.69) is 22.0 Å². The first-order valence-corrected chi connectivity index (χ1v) is 6.81. The number of nitrogens with zero attached hydrogens (tertiary/aromatic N) is 1. The summed E-state index contributed by atoms with van der Waals surface area (Å²) in [6.45, 7) is 0.853. The summed E-state index contributed by atoms with van der Waals surface area (Å²) in [5, 5.41) is 1.53. The SMILES string of the molecule is O=CN1CCCC1c1ccc(CBr)c(Cl)c1. The van der Waals surface area contributed by atoms with Gasteiger partial charge >= 0.3 is 0 Å². The number of halogens is 2.